The third kappa shape index (κ3) is 4.69. The summed E-state index contributed by atoms with van der Waals surface area (Å²) in [6.07, 6.45) is 0.781. The van der Waals surface area contributed by atoms with Gasteiger partial charge in [-0.1, -0.05) is 19.9 Å². The normalized spacial score (nSPS) is 12.5. The fraction of sp³-hybridized carbons (Fsp3) is 0.571. The lowest BCUT2D eigenvalue weighted by atomic mass is 10.2. The highest BCUT2D eigenvalue weighted by molar-refractivity contribution is 5.57. The Morgan fingerprint density at radius 3 is 2.58 bits per heavy atom. The van der Waals surface area contributed by atoms with E-state index in [-0.39, 0.29) is 24.9 Å². The van der Waals surface area contributed by atoms with Crippen LogP contribution in [0.1, 0.15) is 26.7 Å². The van der Waals surface area contributed by atoms with Gasteiger partial charge < -0.3 is 20.3 Å². The van der Waals surface area contributed by atoms with E-state index < -0.39 is 11.9 Å². The summed E-state index contributed by atoms with van der Waals surface area (Å²) in [7, 11) is 0. The molecule has 5 heteroatoms. The number of hydrogen-bond donors (Lipinski definition) is 3. The van der Waals surface area contributed by atoms with E-state index in [9.17, 15) is 9.50 Å². The first-order chi connectivity index (χ1) is 9.12. The molecule has 19 heavy (non-hydrogen) atoms. The molecule has 0 saturated heterocycles. The average molecular weight is 271 g/mol. The van der Waals surface area contributed by atoms with E-state index in [0.29, 0.717) is 5.75 Å². The van der Waals surface area contributed by atoms with Crippen LogP contribution < -0.4 is 10.1 Å². The number of ether oxygens (including phenoxy) is 1. The van der Waals surface area contributed by atoms with E-state index in [1.54, 1.807) is 12.1 Å². The molecule has 0 fully saturated rings. The summed E-state index contributed by atoms with van der Waals surface area (Å²) in [6.45, 7) is 3.72. The Morgan fingerprint density at radius 2 is 2.00 bits per heavy atom. The van der Waals surface area contributed by atoms with Crippen LogP contribution in [0.25, 0.3) is 0 Å². The summed E-state index contributed by atoms with van der Waals surface area (Å²) in [4.78, 5) is 0. The highest BCUT2D eigenvalue weighted by Gasteiger charge is 2.14. The molecule has 0 aliphatic carbocycles. The molecule has 1 unspecified atom stereocenters. The van der Waals surface area contributed by atoms with Crippen molar-refractivity contribution in [1.82, 2.24) is 0 Å². The molecule has 0 saturated carbocycles. The summed E-state index contributed by atoms with van der Waals surface area (Å²) < 4.78 is 19.5. The fourth-order valence-corrected chi connectivity index (χ4v) is 1.69. The highest BCUT2D eigenvalue weighted by atomic mass is 19.1. The summed E-state index contributed by atoms with van der Waals surface area (Å²) in [5, 5.41) is 20.8. The molecule has 4 nitrogen and oxygen atoms in total. The number of halogens is 1. The Labute approximate surface area is 113 Å². The Morgan fingerprint density at radius 1 is 1.32 bits per heavy atom. The molecule has 0 amide bonds. The minimum absolute atomic E-state index is 0.0325. The summed E-state index contributed by atoms with van der Waals surface area (Å²) in [5.41, 5.74) is 0.224. The third-order valence-corrected chi connectivity index (χ3v) is 2.90. The molecule has 0 radical (unpaired) electrons. The topological polar surface area (TPSA) is 61.7 Å². The van der Waals surface area contributed by atoms with Gasteiger partial charge in [-0.05, 0) is 25.0 Å². The number of nitrogens with one attached hydrogen (secondary N) is 1. The number of anilines is 1. The predicted octanol–water partition coefficient (Wildman–Crippen LogP) is 2.16. The van der Waals surface area contributed by atoms with E-state index in [1.165, 1.54) is 6.07 Å². The smallest absolute Gasteiger partial charge is 0.150 e. The number of hydrogen-bond acceptors (Lipinski definition) is 4. The van der Waals surface area contributed by atoms with Crippen molar-refractivity contribution in [1.29, 1.82) is 0 Å². The van der Waals surface area contributed by atoms with Crippen molar-refractivity contribution < 1.29 is 19.3 Å². The van der Waals surface area contributed by atoms with Crippen molar-refractivity contribution in [2.24, 2.45) is 0 Å². The average Bonchev–Trinajstić information content (AvgIpc) is 2.43. The van der Waals surface area contributed by atoms with Gasteiger partial charge in [-0.25, -0.2) is 4.39 Å². The van der Waals surface area contributed by atoms with Gasteiger partial charge in [0.15, 0.2) is 0 Å². The van der Waals surface area contributed by atoms with Crippen molar-refractivity contribution in [3.63, 3.8) is 0 Å². The monoisotopic (exact) mass is 271 g/mol. The number of benzene rings is 1. The summed E-state index contributed by atoms with van der Waals surface area (Å²) >= 11 is 0. The zero-order valence-corrected chi connectivity index (χ0v) is 11.4. The molecule has 0 spiro atoms. The second-order valence-corrected chi connectivity index (χ2v) is 4.39. The number of aliphatic hydroxyl groups is 2. The molecule has 1 atom stereocenters. The third-order valence-electron chi connectivity index (χ3n) is 2.90. The lowest BCUT2D eigenvalue weighted by Crippen LogP contribution is -2.24. The van der Waals surface area contributed by atoms with Gasteiger partial charge in [-0.15, -0.1) is 0 Å². The number of rotatable bonds is 8. The van der Waals surface area contributed by atoms with E-state index in [1.807, 2.05) is 13.8 Å². The molecular formula is C14H22FNO3. The maximum absolute atomic E-state index is 13.8. The Balaban J connectivity index is 2.82. The maximum Gasteiger partial charge on any atom is 0.150 e. The molecule has 1 rings (SSSR count). The van der Waals surface area contributed by atoms with E-state index >= 15 is 0 Å². The second-order valence-electron chi connectivity index (χ2n) is 4.39. The van der Waals surface area contributed by atoms with E-state index in [2.05, 4.69) is 5.32 Å². The van der Waals surface area contributed by atoms with Crippen molar-refractivity contribution in [3.05, 3.63) is 24.0 Å². The Kier molecular flexibility index (Phi) is 6.59. The number of aliphatic hydroxyl groups excluding tert-OH is 2. The number of para-hydroxylation sites is 1. The van der Waals surface area contributed by atoms with Crippen molar-refractivity contribution in [3.8, 4) is 5.75 Å². The van der Waals surface area contributed by atoms with Gasteiger partial charge in [0.2, 0.25) is 0 Å². The first-order valence-corrected chi connectivity index (χ1v) is 6.60. The van der Waals surface area contributed by atoms with Crippen molar-refractivity contribution >= 4 is 5.69 Å². The zero-order chi connectivity index (χ0) is 14.3. The van der Waals surface area contributed by atoms with E-state index in [4.69, 9.17) is 9.84 Å². The SMILES string of the molecule is CCC(CC)Oc1cccc(F)c1NCC(O)CO. The highest BCUT2D eigenvalue weighted by Crippen LogP contribution is 2.29. The van der Waals surface area contributed by atoms with Crippen LogP contribution in [0.5, 0.6) is 5.75 Å². The van der Waals surface area contributed by atoms with Crippen molar-refractivity contribution in [2.75, 3.05) is 18.5 Å². The van der Waals surface area contributed by atoms with Gasteiger partial charge >= 0.3 is 0 Å². The van der Waals surface area contributed by atoms with Crippen LogP contribution in [0.3, 0.4) is 0 Å². The van der Waals surface area contributed by atoms with Gasteiger partial charge in [0.05, 0.1) is 18.8 Å². The lowest BCUT2D eigenvalue weighted by molar-refractivity contribution is 0.105. The van der Waals surface area contributed by atoms with Crippen LogP contribution in [0.2, 0.25) is 0 Å². The quantitative estimate of drug-likeness (QED) is 0.678. The fourth-order valence-electron chi connectivity index (χ4n) is 1.69. The van der Waals surface area contributed by atoms with E-state index in [0.717, 1.165) is 12.8 Å². The van der Waals surface area contributed by atoms with Crippen LogP contribution in [0, 0.1) is 5.82 Å². The Hall–Kier alpha value is -1.33. The van der Waals surface area contributed by atoms with Gasteiger partial charge in [0.1, 0.15) is 17.3 Å². The molecule has 0 aliphatic heterocycles. The zero-order valence-electron chi connectivity index (χ0n) is 11.4. The molecule has 0 heterocycles. The van der Waals surface area contributed by atoms with Gasteiger partial charge in [0.25, 0.3) is 0 Å². The van der Waals surface area contributed by atoms with Crippen LogP contribution in [-0.4, -0.2) is 35.6 Å². The van der Waals surface area contributed by atoms with Crippen molar-refractivity contribution in [2.45, 2.75) is 38.9 Å². The molecule has 1 aromatic carbocycles. The molecule has 3 N–H and O–H groups in total. The molecular weight excluding hydrogens is 249 g/mol. The standard InChI is InChI=1S/C14H22FNO3/c1-3-11(4-2)19-13-7-5-6-12(15)14(13)16-8-10(18)9-17/h5-7,10-11,16-18H,3-4,8-9H2,1-2H3. The van der Waals surface area contributed by atoms with Crippen LogP contribution in [0.15, 0.2) is 18.2 Å². The first-order valence-electron chi connectivity index (χ1n) is 6.60. The van der Waals surface area contributed by atoms with Gasteiger partial charge in [-0.3, -0.25) is 0 Å². The minimum Gasteiger partial charge on any atom is -0.488 e. The molecule has 0 bridgehead atoms. The first kappa shape index (κ1) is 15.7. The molecule has 108 valence electrons. The van der Waals surface area contributed by atoms with Crippen LogP contribution in [0.4, 0.5) is 10.1 Å². The Bertz CT molecular complexity index is 383. The molecule has 0 aliphatic rings. The van der Waals surface area contributed by atoms with Crippen LogP contribution in [-0.2, 0) is 0 Å². The maximum atomic E-state index is 13.8. The summed E-state index contributed by atoms with van der Waals surface area (Å²) in [5.74, 6) is -0.00700. The second kappa shape index (κ2) is 7.96. The molecule has 1 aromatic rings. The summed E-state index contributed by atoms with van der Waals surface area (Å²) in [6, 6.07) is 4.60. The largest absolute Gasteiger partial charge is 0.488 e. The predicted molar refractivity (Wildman–Crippen MR) is 73.0 cm³/mol. The molecule has 0 aromatic heterocycles. The lowest BCUT2D eigenvalue weighted by Gasteiger charge is -2.20. The minimum atomic E-state index is -0.930. The van der Waals surface area contributed by atoms with Gasteiger partial charge in [0, 0.05) is 6.54 Å². The van der Waals surface area contributed by atoms with Crippen LogP contribution >= 0.6 is 0 Å². The van der Waals surface area contributed by atoms with Gasteiger partial charge in [-0.2, -0.15) is 0 Å².